The molecule has 2 fully saturated rings. The minimum Gasteiger partial charge on any atom is -0.371 e. The van der Waals surface area contributed by atoms with Crippen LogP contribution in [0.3, 0.4) is 0 Å². The van der Waals surface area contributed by atoms with E-state index in [0.29, 0.717) is 0 Å². The zero-order valence-corrected chi connectivity index (χ0v) is 46.2. The van der Waals surface area contributed by atoms with Gasteiger partial charge in [0, 0.05) is 48.1 Å². The number of rotatable bonds is 8. The zero-order valence-electron chi connectivity index (χ0n) is 46.2. The minimum atomic E-state index is -0.485. The molecule has 4 heteroatoms. The van der Waals surface area contributed by atoms with Gasteiger partial charge >= 0.3 is 0 Å². The van der Waals surface area contributed by atoms with Crippen molar-refractivity contribution in [2.45, 2.75) is 87.5 Å². The Morgan fingerprint density at radius 2 is 0.700 bits per heavy atom. The van der Waals surface area contributed by atoms with Gasteiger partial charge in [0.2, 0.25) is 0 Å². The molecule has 4 aliphatic rings. The highest BCUT2D eigenvalue weighted by atomic mass is 16.5. The number of methoxy groups -OCH3 is 2. The lowest BCUT2D eigenvalue weighted by molar-refractivity contribution is -0.0872. The Morgan fingerprint density at radius 3 is 1.12 bits per heavy atom. The maximum absolute atomic E-state index is 6.99. The van der Waals surface area contributed by atoms with Gasteiger partial charge in [-0.1, -0.05) is 183 Å². The summed E-state index contributed by atoms with van der Waals surface area (Å²) >= 11 is 0. The van der Waals surface area contributed by atoms with E-state index in [-0.39, 0.29) is 11.1 Å². The molecule has 12 aromatic carbocycles. The fourth-order valence-corrected chi connectivity index (χ4v) is 16.7. The van der Waals surface area contributed by atoms with Gasteiger partial charge in [-0.2, -0.15) is 0 Å². The van der Waals surface area contributed by atoms with Crippen LogP contribution in [0.15, 0.2) is 218 Å². The maximum atomic E-state index is 6.99. The summed E-state index contributed by atoms with van der Waals surface area (Å²) in [5, 5.41) is 12.6. The Balaban J connectivity index is 1.01. The molecule has 4 atom stereocenters. The summed E-state index contributed by atoms with van der Waals surface area (Å²) < 4.78 is 14.0. The van der Waals surface area contributed by atoms with Crippen molar-refractivity contribution in [3.63, 3.8) is 0 Å². The van der Waals surface area contributed by atoms with Crippen LogP contribution < -0.4 is 9.80 Å². The van der Waals surface area contributed by atoms with E-state index in [1.54, 1.807) is 0 Å². The van der Waals surface area contributed by atoms with Gasteiger partial charge in [0.25, 0.3) is 0 Å². The molecule has 12 aromatic rings. The summed E-state index contributed by atoms with van der Waals surface area (Å²) in [5.74, 6) is 0. The van der Waals surface area contributed by atoms with Crippen molar-refractivity contribution >= 4 is 76.6 Å². The van der Waals surface area contributed by atoms with Crippen LogP contribution in [0.25, 0.3) is 98.4 Å². The average Bonchev–Trinajstić information content (AvgIpc) is 3.55. The SMILES string of the molecule is COC12CCCCC1(C)N(c1ccccc1)c1ccc(-c3cc(-c4cccc5ccccc45)c4ccc5c(-c6ccc7c(c6)C6(OC)CCCCC6(C)N7c6ccccc6)cc(-c6cccc7ccccc67)c6ccc3c4c56)cc12. The molecule has 0 bridgehead atoms. The molecule has 0 N–H and O–H groups in total. The lowest BCUT2D eigenvalue weighted by Crippen LogP contribution is -2.57. The second-order valence-corrected chi connectivity index (χ2v) is 23.9. The molecular weight excluding hydrogens is 973 g/mol. The number of nitrogens with zero attached hydrogens (tertiary/aromatic N) is 2. The topological polar surface area (TPSA) is 24.9 Å². The second-order valence-electron chi connectivity index (χ2n) is 23.9. The molecule has 80 heavy (non-hydrogen) atoms. The first kappa shape index (κ1) is 47.7. The van der Waals surface area contributed by atoms with E-state index in [1.165, 1.54) is 145 Å². The lowest BCUT2D eigenvalue weighted by Gasteiger charge is -2.50. The average molecular weight is 1040 g/mol. The monoisotopic (exact) mass is 1040 g/mol. The van der Waals surface area contributed by atoms with Gasteiger partial charge in [-0.3, -0.25) is 0 Å². The Kier molecular flexibility index (Phi) is 10.5. The normalized spacial score (nSPS) is 22.4. The number of anilines is 4. The first-order valence-electron chi connectivity index (χ1n) is 29.1. The van der Waals surface area contributed by atoms with Gasteiger partial charge in [-0.25, -0.2) is 0 Å². The molecule has 2 aliphatic carbocycles. The van der Waals surface area contributed by atoms with E-state index >= 15 is 0 Å². The van der Waals surface area contributed by atoms with Crippen LogP contribution in [0.5, 0.6) is 0 Å². The van der Waals surface area contributed by atoms with Crippen molar-refractivity contribution in [3.8, 4) is 44.5 Å². The molecule has 390 valence electrons. The van der Waals surface area contributed by atoms with Crippen LogP contribution in [0.4, 0.5) is 22.7 Å². The van der Waals surface area contributed by atoms with E-state index in [0.717, 1.165) is 38.5 Å². The van der Waals surface area contributed by atoms with Crippen LogP contribution >= 0.6 is 0 Å². The van der Waals surface area contributed by atoms with Crippen molar-refractivity contribution in [3.05, 3.63) is 230 Å². The van der Waals surface area contributed by atoms with Crippen LogP contribution in [0.2, 0.25) is 0 Å². The van der Waals surface area contributed by atoms with Crippen LogP contribution in [-0.2, 0) is 20.7 Å². The van der Waals surface area contributed by atoms with Crippen molar-refractivity contribution in [2.24, 2.45) is 0 Å². The predicted molar refractivity (Wildman–Crippen MR) is 335 cm³/mol. The molecule has 4 unspecified atom stereocenters. The highest BCUT2D eigenvalue weighted by Crippen LogP contribution is 2.64. The zero-order chi connectivity index (χ0) is 53.5. The number of hydrogen-bond acceptors (Lipinski definition) is 4. The summed E-state index contributed by atoms with van der Waals surface area (Å²) in [5.41, 5.74) is 15.8. The van der Waals surface area contributed by atoms with E-state index in [2.05, 4.69) is 242 Å². The van der Waals surface area contributed by atoms with Crippen LogP contribution in [0, 0.1) is 0 Å². The maximum Gasteiger partial charge on any atom is 0.118 e. The number of benzene rings is 12. The molecule has 2 aliphatic heterocycles. The minimum absolute atomic E-state index is 0.261. The third kappa shape index (κ3) is 6.35. The highest BCUT2D eigenvalue weighted by molar-refractivity contribution is 6.33. The standard InChI is InChI=1S/C76H64N2O2/c1-73-41-15-17-43-75(73,79-3)67-45-51(33-39-69(67)77(73)53-25-7-5-8-26-53)63-47-65(57-31-19-23-49-21-11-13-29-55(49)57)61-38-36-60-64(48-66(62-37-35-59(63)71(61)72(60)62)58-32-20-24-50-22-12-14-30-56(50)58)52-34-40-70-68(46-52)76(80-4)44-18-16-42-74(76,2)78(70)54-27-9-6-10-28-54/h5-14,19-40,45-48H,15-18,41-44H2,1-4H3. The molecule has 4 nitrogen and oxygen atoms in total. The summed E-state index contributed by atoms with van der Waals surface area (Å²) in [6.07, 6.45) is 8.63. The van der Waals surface area contributed by atoms with E-state index < -0.39 is 11.2 Å². The van der Waals surface area contributed by atoms with Gasteiger partial charge in [0.05, 0.1) is 11.1 Å². The molecular formula is C76H64N2O2. The number of para-hydroxylation sites is 2. The molecule has 0 radical (unpaired) electrons. The molecule has 2 heterocycles. The Morgan fingerprint density at radius 1 is 0.325 bits per heavy atom. The first-order valence-corrected chi connectivity index (χ1v) is 29.1. The van der Waals surface area contributed by atoms with Crippen molar-refractivity contribution in [1.82, 2.24) is 0 Å². The summed E-state index contributed by atoms with van der Waals surface area (Å²) in [4.78, 5) is 5.22. The third-order valence-electron chi connectivity index (χ3n) is 20.4. The van der Waals surface area contributed by atoms with Gasteiger partial charge < -0.3 is 19.3 Å². The van der Waals surface area contributed by atoms with Gasteiger partial charge in [-0.15, -0.1) is 0 Å². The van der Waals surface area contributed by atoms with Crippen molar-refractivity contribution in [1.29, 1.82) is 0 Å². The highest BCUT2D eigenvalue weighted by Gasteiger charge is 2.62. The summed E-state index contributed by atoms with van der Waals surface area (Å²) in [6, 6.07) is 83.0. The molecule has 16 rings (SSSR count). The fraction of sp³-hybridized carbons (Fsp3) is 0.211. The summed E-state index contributed by atoms with van der Waals surface area (Å²) in [7, 11) is 3.91. The largest absolute Gasteiger partial charge is 0.371 e. The van der Waals surface area contributed by atoms with Crippen LogP contribution in [-0.4, -0.2) is 25.3 Å². The summed E-state index contributed by atoms with van der Waals surface area (Å²) in [6.45, 7) is 4.90. The van der Waals surface area contributed by atoms with Gasteiger partial charge in [0.15, 0.2) is 0 Å². The Hall–Kier alpha value is -8.28. The Bertz CT molecular complexity index is 4180. The van der Waals surface area contributed by atoms with Crippen molar-refractivity contribution in [2.75, 3.05) is 24.0 Å². The fourth-order valence-electron chi connectivity index (χ4n) is 16.7. The third-order valence-corrected chi connectivity index (χ3v) is 20.4. The molecule has 0 spiro atoms. The number of hydrogen-bond donors (Lipinski definition) is 0. The van der Waals surface area contributed by atoms with E-state index in [1.807, 2.05) is 14.2 Å². The van der Waals surface area contributed by atoms with E-state index in [9.17, 15) is 0 Å². The number of fused-ring (bicyclic) bond motifs is 8. The lowest BCUT2D eigenvalue weighted by atomic mass is 9.68. The smallest absolute Gasteiger partial charge is 0.118 e. The molecule has 0 saturated heterocycles. The van der Waals surface area contributed by atoms with Crippen LogP contribution in [0.1, 0.15) is 76.3 Å². The van der Waals surface area contributed by atoms with Gasteiger partial charge in [0.1, 0.15) is 11.2 Å². The predicted octanol–water partition coefficient (Wildman–Crippen LogP) is 20.2. The molecule has 0 aromatic heterocycles. The first-order chi connectivity index (χ1) is 39.3. The van der Waals surface area contributed by atoms with Crippen molar-refractivity contribution < 1.29 is 9.47 Å². The molecule has 2 saturated carbocycles. The Labute approximate surface area is 469 Å². The molecule has 0 amide bonds. The van der Waals surface area contributed by atoms with Gasteiger partial charge in [-0.05, 0) is 199 Å². The quantitative estimate of drug-likeness (QED) is 0.142. The number of ether oxygens (including phenoxy) is 2. The second kappa shape index (κ2) is 17.6. The van der Waals surface area contributed by atoms with E-state index in [4.69, 9.17) is 9.47 Å².